The predicted molar refractivity (Wildman–Crippen MR) is 69.2 cm³/mol. The topological polar surface area (TPSA) is 50.2 Å². The molecule has 0 aliphatic carbocycles. The molecule has 0 fully saturated rings. The van der Waals surface area contributed by atoms with Crippen molar-refractivity contribution in [2.24, 2.45) is 0 Å². The van der Waals surface area contributed by atoms with Crippen LogP contribution in [0, 0.1) is 5.82 Å². The molecule has 1 heterocycles. The van der Waals surface area contributed by atoms with Gasteiger partial charge in [0.25, 0.3) is 0 Å². The second kappa shape index (κ2) is 5.29. The number of carboxylic acid groups (broad SMARTS) is 1. The Labute approximate surface area is 111 Å². The molecule has 1 N–H and O–H groups in total. The maximum absolute atomic E-state index is 13.6. The maximum Gasteiger partial charge on any atom is 0.328 e. The average molecular weight is 284 g/mol. The van der Waals surface area contributed by atoms with Crippen molar-refractivity contribution < 1.29 is 14.3 Å². The van der Waals surface area contributed by atoms with Crippen LogP contribution in [0.2, 0.25) is 5.02 Å². The van der Waals surface area contributed by atoms with E-state index in [1.54, 1.807) is 11.4 Å². The van der Waals surface area contributed by atoms with E-state index in [0.717, 1.165) is 6.08 Å². The lowest BCUT2D eigenvalue weighted by atomic mass is 10.2. The first-order valence-electron chi connectivity index (χ1n) is 4.89. The summed E-state index contributed by atoms with van der Waals surface area (Å²) in [5.41, 5.74) is 0.691. The summed E-state index contributed by atoms with van der Waals surface area (Å²) in [6.07, 6.45) is 2.32. The fourth-order valence-electron chi connectivity index (χ4n) is 1.34. The minimum Gasteiger partial charge on any atom is -0.478 e. The van der Waals surface area contributed by atoms with E-state index >= 15 is 0 Å². The summed E-state index contributed by atoms with van der Waals surface area (Å²) in [7, 11) is 0. The van der Waals surface area contributed by atoms with Crippen molar-refractivity contribution in [3.63, 3.8) is 0 Å². The van der Waals surface area contributed by atoms with Gasteiger partial charge >= 0.3 is 5.97 Å². The number of halogens is 2. The molecule has 0 unspecified atom stereocenters. The van der Waals surface area contributed by atoms with Gasteiger partial charge in [-0.2, -0.15) is 0 Å². The van der Waals surface area contributed by atoms with Crippen molar-refractivity contribution in [1.29, 1.82) is 0 Å². The van der Waals surface area contributed by atoms with Crippen LogP contribution in [0.15, 0.2) is 29.7 Å². The Morgan fingerprint density at radius 2 is 2.28 bits per heavy atom. The van der Waals surface area contributed by atoms with Crippen LogP contribution in [0.25, 0.3) is 16.6 Å². The quantitative estimate of drug-likeness (QED) is 0.874. The van der Waals surface area contributed by atoms with E-state index in [2.05, 4.69) is 4.98 Å². The highest BCUT2D eigenvalue weighted by atomic mass is 35.5. The van der Waals surface area contributed by atoms with Crippen molar-refractivity contribution >= 4 is 35.0 Å². The van der Waals surface area contributed by atoms with Crippen LogP contribution in [-0.4, -0.2) is 16.1 Å². The highest BCUT2D eigenvalue weighted by Crippen LogP contribution is 2.32. The monoisotopic (exact) mass is 283 g/mol. The molecule has 1 aromatic carbocycles. The van der Waals surface area contributed by atoms with Crippen LogP contribution in [0.1, 0.15) is 5.69 Å². The van der Waals surface area contributed by atoms with Crippen molar-refractivity contribution in [1.82, 2.24) is 4.98 Å². The standard InChI is InChI=1S/C12H7ClFNO2S/c13-8-2-1-3-9(14)11(8)12-15-7(6-18-12)4-5-10(16)17/h1-6H,(H,16,17). The number of carboxylic acids is 1. The summed E-state index contributed by atoms with van der Waals surface area (Å²) in [6, 6.07) is 4.39. The Hall–Kier alpha value is -1.72. The Morgan fingerprint density at radius 3 is 2.94 bits per heavy atom. The number of hydrogen-bond acceptors (Lipinski definition) is 3. The second-order valence-electron chi connectivity index (χ2n) is 3.35. The molecular weight excluding hydrogens is 277 g/mol. The number of hydrogen-bond donors (Lipinski definition) is 1. The van der Waals surface area contributed by atoms with Crippen LogP contribution in [0.5, 0.6) is 0 Å². The van der Waals surface area contributed by atoms with Gasteiger partial charge in [-0.15, -0.1) is 11.3 Å². The van der Waals surface area contributed by atoms with E-state index in [-0.39, 0.29) is 10.6 Å². The number of carbonyl (C=O) groups is 1. The van der Waals surface area contributed by atoms with Gasteiger partial charge in [-0.05, 0) is 18.2 Å². The Kier molecular flexibility index (Phi) is 3.74. The summed E-state index contributed by atoms with van der Waals surface area (Å²) in [4.78, 5) is 14.5. The number of aliphatic carboxylic acids is 1. The number of benzene rings is 1. The molecule has 2 rings (SSSR count). The minimum absolute atomic E-state index is 0.235. The third-order valence-corrected chi connectivity index (χ3v) is 3.29. The maximum atomic E-state index is 13.6. The highest BCUT2D eigenvalue weighted by Gasteiger charge is 2.12. The van der Waals surface area contributed by atoms with E-state index in [1.165, 1.54) is 29.5 Å². The molecule has 0 spiro atoms. The van der Waals surface area contributed by atoms with Crippen molar-refractivity contribution in [3.05, 3.63) is 46.2 Å². The van der Waals surface area contributed by atoms with Crippen LogP contribution < -0.4 is 0 Å². The lowest BCUT2D eigenvalue weighted by molar-refractivity contribution is -0.131. The summed E-state index contributed by atoms with van der Waals surface area (Å²) in [6.45, 7) is 0. The molecule has 0 radical (unpaired) electrons. The zero-order valence-electron chi connectivity index (χ0n) is 8.93. The van der Waals surface area contributed by atoms with E-state index < -0.39 is 11.8 Å². The van der Waals surface area contributed by atoms with E-state index in [9.17, 15) is 9.18 Å². The molecule has 0 bridgehead atoms. The van der Waals surface area contributed by atoms with Crippen molar-refractivity contribution in [2.45, 2.75) is 0 Å². The molecule has 0 aliphatic rings. The van der Waals surface area contributed by atoms with Crippen LogP contribution >= 0.6 is 22.9 Å². The van der Waals surface area contributed by atoms with Gasteiger partial charge < -0.3 is 5.11 Å². The molecular formula is C12H7ClFNO2S. The largest absolute Gasteiger partial charge is 0.478 e. The first-order chi connectivity index (χ1) is 8.58. The molecule has 6 heteroatoms. The zero-order chi connectivity index (χ0) is 13.1. The van der Waals surface area contributed by atoms with Gasteiger partial charge in [0.15, 0.2) is 0 Å². The number of thiazole rings is 1. The van der Waals surface area contributed by atoms with E-state index in [4.69, 9.17) is 16.7 Å². The summed E-state index contributed by atoms with van der Waals surface area (Å²) in [5, 5.41) is 10.8. The second-order valence-corrected chi connectivity index (χ2v) is 4.61. The molecule has 0 aliphatic heterocycles. The van der Waals surface area contributed by atoms with Gasteiger partial charge in [-0.3, -0.25) is 0 Å². The zero-order valence-corrected chi connectivity index (χ0v) is 10.5. The molecule has 0 amide bonds. The normalized spacial score (nSPS) is 11.0. The SMILES string of the molecule is O=C(O)C=Cc1csc(-c2c(F)cccc2Cl)n1. The smallest absolute Gasteiger partial charge is 0.328 e. The lowest BCUT2D eigenvalue weighted by Crippen LogP contribution is -1.87. The van der Waals surface area contributed by atoms with Gasteiger partial charge in [-0.1, -0.05) is 17.7 Å². The van der Waals surface area contributed by atoms with Gasteiger partial charge in [-0.25, -0.2) is 14.2 Å². The number of nitrogens with zero attached hydrogens (tertiary/aromatic N) is 1. The third kappa shape index (κ3) is 2.75. The highest BCUT2D eigenvalue weighted by molar-refractivity contribution is 7.13. The molecule has 1 aromatic heterocycles. The third-order valence-electron chi connectivity index (χ3n) is 2.10. The first kappa shape index (κ1) is 12.7. The first-order valence-corrected chi connectivity index (χ1v) is 6.14. The molecule has 0 saturated heterocycles. The Bertz CT molecular complexity index is 604. The molecule has 92 valence electrons. The molecule has 0 atom stereocenters. The molecule has 3 nitrogen and oxygen atoms in total. The van der Waals surface area contributed by atoms with Crippen molar-refractivity contribution in [3.8, 4) is 10.6 Å². The summed E-state index contributed by atoms with van der Waals surface area (Å²) in [5.74, 6) is -1.51. The molecule has 2 aromatic rings. The van der Waals surface area contributed by atoms with Crippen LogP contribution in [0.4, 0.5) is 4.39 Å². The Balaban J connectivity index is 2.38. The van der Waals surface area contributed by atoms with Gasteiger partial charge in [0.1, 0.15) is 10.8 Å². The molecule has 18 heavy (non-hydrogen) atoms. The van der Waals surface area contributed by atoms with E-state index in [0.29, 0.717) is 10.7 Å². The molecule has 0 saturated carbocycles. The fourth-order valence-corrected chi connectivity index (χ4v) is 2.49. The minimum atomic E-state index is -1.06. The van der Waals surface area contributed by atoms with Crippen LogP contribution in [0.3, 0.4) is 0 Å². The van der Waals surface area contributed by atoms with Crippen LogP contribution in [-0.2, 0) is 4.79 Å². The van der Waals surface area contributed by atoms with Gasteiger partial charge in [0.05, 0.1) is 16.3 Å². The van der Waals surface area contributed by atoms with Gasteiger partial charge in [0.2, 0.25) is 0 Å². The number of aromatic nitrogens is 1. The van der Waals surface area contributed by atoms with E-state index in [1.807, 2.05) is 0 Å². The van der Waals surface area contributed by atoms with Gasteiger partial charge in [0, 0.05) is 11.5 Å². The predicted octanol–water partition coefficient (Wildman–Crippen LogP) is 3.70. The summed E-state index contributed by atoms with van der Waals surface area (Å²) < 4.78 is 13.6. The summed E-state index contributed by atoms with van der Waals surface area (Å²) >= 11 is 7.12. The average Bonchev–Trinajstić information content (AvgIpc) is 2.75. The van der Waals surface area contributed by atoms with Crippen molar-refractivity contribution in [2.75, 3.05) is 0 Å². The lowest BCUT2D eigenvalue weighted by Gasteiger charge is -2.00. The fraction of sp³-hybridized carbons (Fsp3) is 0. The Morgan fingerprint density at radius 1 is 1.50 bits per heavy atom. The number of rotatable bonds is 3.